The van der Waals surface area contributed by atoms with Crippen LogP contribution >= 0.6 is 11.8 Å². The van der Waals surface area contributed by atoms with Crippen molar-refractivity contribution in [2.75, 3.05) is 45.1 Å². The molecule has 1 aromatic carbocycles. The average Bonchev–Trinajstić information content (AvgIpc) is 3.16. The van der Waals surface area contributed by atoms with E-state index in [9.17, 15) is 4.79 Å². The summed E-state index contributed by atoms with van der Waals surface area (Å²) in [4.78, 5) is 25.2. The molecule has 146 valence electrons. The molecule has 1 fully saturated rings. The van der Waals surface area contributed by atoms with Crippen LogP contribution in [0.1, 0.15) is 0 Å². The molecule has 0 bridgehead atoms. The molecule has 1 aliphatic heterocycles. The number of ether oxygens (including phenoxy) is 1. The summed E-state index contributed by atoms with van der Waals surface area (Å²) in [5.74, 6) is 1.90. The molecule has 9 heteroatoms. The molecule has 4 rings (SSSR count). The Labute approximate surface area is 167 Å². The molecule has 1 aliphatic rings. The fraction of sp³-hybridized carbons (Fsp3) is 0.368. The largest absolute Gasteiger partial charge is 0.492 e. The first-order chi connectivity index (χ1) is 13.8. The summed E-state index contributed by atoms with van der Waals surface area (Å²) in [7, 11) is 0. The van der Waals surface area contributed by atoms with E-state index in [-0.39, 0.29) is 5.91 Å². The van der Waals surface area contributed by atoms with E-state index in [4.69, 9.17) is 4.74 Å². The van der Waals surface area contributed by atoms with E-state index in [1.54, 1.807) is 23.0 Å². The maximum absolute atomic E-state index is 12.5. The average molecular weight is 398 g/mol. The number of para-hydroxylation sites is 1. The van der Waals surface area contributed by atoms with Crippen LogP contribution in [0.2, 0.25) is 0 Å². The lowest BCUT2D eigenvalue weighted by molar-refractivity contribution is -0.130. The zero-order valence-electron chi connectivity index (χ0n) is 15.5. The minimum Gasteiger partial charge on any atom is -0.492 e. The lowest BCUT2D eigenvalue weighted by Crippen LogP contribution is -2.50. The van der Waals surface area contributed by atoms with Gasteiger partial charge in [0.25, 0.3) is 5.78 Å². The lowest BCUT2D eigenvalue weighted by Gasteiger charge is -2.34. The quantitative estimate of drug-likeness (QED) is 0.558. The number of piperazine rings is 1. The Hall–Kier alpha value is -2.65. The van der Waals surface area contributed by atoms with Crippen LogP contribution in [0.3, 0.4) is 0 Å². The van der Waals surface area contributed by atoms with E-state index in [2.05, 4.69) is 20.0 Å². The van der Waals surface area contributed by atoms with Crippen molar-refractivity contribution in [3.63, 3.8) is 0 Å². The second-order valence-corrected chi connectivity index (χ2v) is 7.37. The first-order valence-corrected chi connectivity index (χ1v) is 10.2. The van der Waals surface area contributed by atoms with Crippen molar-refractivity contribution >= 4 is 23.4 Å². The topological polar surface area (TPSA) is 75.9 Å². The molecule has 2 aromatic heterocycles. The third kappa shape index (κ3) is 4.79. The van der Waals surface area contributed by atoms with Gasteiger partial charge in [0, 0.05) is 45.1 Å². The van der Waals surface area contributed by atoms with Gasteiger partial charge in [0.05, 0.1) is 5.75 Å². The number of amides is 1. The van der Waals surface area contributed by atoms with Crippen molar-refractivity contribution in [1.29, 1.82) is 0 Å². The van der Waals surface area contributed by atoms with E-state index in [0.717, 1.165) is 38.5 Å². The van der Waals surface area contributed by atoms with Crippen molar-refractivity contribution in [2.45, 2.75) is 5.16 Å². The summed E-state index contributed by atoms with van der Waals surface area (Å²) < 4.78 is 7.36. The van der Waals surface area contributed by atoms with Crippen LogP contribution in [0.15, 0.2) is 53.9 Å². The van der Waals surface area contributed by atoms with Gasteiger partial charge in [0.1, 0.15) is 12.4 Å². The number of hydrogen-bond acceptors (Lipinski definition) is 7. The van der Waals surface area contributed by atoms with Crippen LogP contribution in [0, 0.1) is 0 Å². The molecular formula is C19H22N6O2S. The molecule has 28 heavy (non-hydrogen) atoms. The smallest absolute Gasteiger partial charge is 0.253 e. The van der Waals surface area contributed by atoms with Crippen molar-refractivity contribution in [2.24, 2.45) is 0 Å². The third-order valence-corrected chi connectivity index (χ3v) is 5.39. The van der Waals surface area contributed by atoms with Gasteiger partial charge in [-0.3, -0.25) is 9.69 Å². The highest BCUT2D eigenvalue weighted by molar-refractivity contribution is 7.99. The number of rotatable bonds is 7. The Morgan fingerprint density at radius 1 is 1.11 bits per heavy atom. The number of aromatic nitrogens is 4. The second-order valence-electron chi connectivity index (χ2n) is 6.43. The lowest BCUT2D eigenvalue weighted by atomic mass is 10.3. The SMILES string of the molecule is O=C(CSc1nc2ncccn2n1)N1CCN(CCOc2ccccc2)CC1. The third-order valence-electron chi connectivity index (χ3n) is 4.57. The summed E-state index contributed by atoms with van der Waals surface area (Å²) in [5.41, 5.74) is 0. The number of fused-ring (bicyclic) bond motifs is 1. The molecule has 0 unspecified atom stereocenters. The van der Waals surface area contributed by atoms with Crippen LogP contribution < -0.4 is 4.74 Å². The van der Waals surface area contributed by atoms with Gasteiger partial charge >= 0.3 is 0 Å². The molecule has 1 saturated heterocycles. The van der Waals surface area contributed by atoms with E-state index in [1.807, 2.05) is 35.2 Å². The van der Waals surface area contributed by atoms with Crippen molar-refractivity contribution in [3.05, 3.63) is 48.8 Å². The highest BCUT2D eigenvalue weighted by Crippen LogP contribution is 2.15. The zero-order valence-corrected chi connectivity index (χ0v) is 16.3. The first kappa shape index (κ1) is 18.7. The van der Waals surface area contributed by atoms with Gasteiger partial charge in [-0.25, -0.2) is 9.50 Å². The number of benzene rings is 1. The highest BCUT2D eigenvalue weighted by Gasteiger charge is 2.21. The Morgan fingerprint density at radius 3 is 2.71 bits per heavy atom. The molecule has 3 heterocycles. The van der Waals surface area contributed by atoms with Gasteiger partial charge in [-0.05, 0) is 18.2 Å². The predicted molar refractivity (Wildman–Crippen MR) is 106 cm³/mol. The summed E-state index contributed by atoms with van der Waals surface area (Å²) in [5, 5.41) is 4.89. The van der Waals surface area contributed by atoms with Gasteiger partial charge in [-0.1, -0.05) is 30.0 Å². The minimum absolute atomic E-state index is 0.122. The summed E-state index contributed by atoms with van der Waals surface area (Å²) in [6, 6.07) is 11.6. The Morgan fingerprint density at radius 2 is 1.93 bits per heavy atom. The van der Waals surface area contributed by atoms with E-state index in [1.165, 1.54) is 11.8 Å². The van der Waals surface area contributed by atoms with Gasteiger partial charge < -0.3 is 9.64 Å². The summed E-state index contributed by atoms with van der Waals surface area (Å²) >= 11 is 1.35. The molecular weight excluding hydrogens is 376 g/mol. The van der Waals surface area contributed by atoms with Gasteiger partial charge in [0.15, 0.2) is 0 Å². The van der Waals surface area contributed by atoms with E-state index in [0.29, 0.717) is 23.3 Å². The first-order valence-electron chi connectivity index (χ1n) is 9.26. The number of carbonyl (C=O) groups excluding carboxylic acids is 1. The standard InChI is InChI=1S/C19H22N6O2S/c26-17(15-28-19-21-18-20-7-4-8-25(18)22-19)24-11-9-23(10-12-24)13-14-27-16-5-2-1-3-6-16/h1-8H,9-15H2. The van der Waals surface area contributed by atoms with Gasteiger partial charge in [-0.2, -0.15) is 4.98 Å². The fourth-order valence-corrected chi connectivity index (χ4v) is 3.75. The molecule has 0 aliphatic carbocycles. The maximum atomic E-state index is 12.5. The molecule has 0 spiro atoms. The predicted octanol–water partition coefficient (Wildman–Crippen LogP) is 1.44. The van der Waals surface area contributed by atoms with Crippen molar-refractivity contribution < 1.29 is 9.53 Å². The fourth-order valence-electron chi connectivity index (χ4n) is 3.02. The Kier molecular flexibility index (Phi) is 6.03. The molecule has 0 radical (unpaired) electrons. The van der Waals surface area contributed by atoms with Crippen LogP contribution in [0.25, 0.3) is 5.78 Å². The maximum Gasteiger partial charge on any atom is 0.253 e. The number of carbonyl (C=O) groups is 1. The Balaban J connectivity index is 1.17. The molecule has 0 saturated carbocycles. The summed E-state index contributed by atoms with van der Waals surface area (Å²) in [6.07, 6.45) is 3.47. The Bertz CT molecular complexity index is 878. The van der Waals surface area contributed by atoms with E-state index < -0.39 is 0 Å². The highest BCUT2D eigenvalue weighted by atomic mass is 32.2. The molecule has 1 amide bonds. The van der Waals surface area contributed by atoms with Crippen LogP contribution in [-0.4, -0.2) is 80.4 Å². The molecule has 8 nitrogen and oxygen atoms in total. The van der Waals surface area contributed by atoms with Gasteiger partial charge in [0.2, 0.25) is 11.1 Å². The van der Waals surface area contributed by atoms with Crippen LogP contribution in [0.5, 0.6) is 5.75 Å². The number of nitrogens with zero attached hydrogens (tertiary/aromatic N) is 6. The minimum atomic E-state index is 0.122. The normalized spacial score (nSPS) is 15.1. The second kappa shape index (κ2) is 9.03. The van der Waals surface area contributed by atoms with Crippen molar-refractivity contribution in [1.82, 2.24) is 29.4 Å². The van der Waals surface area contributed by atoms with E-state index >= 15 is 0 Å². The van der Waals surface area contributed by atoms with Crippen LogP contribution in [-0.2, 0) is 4.79 Å². The summed E-state index contributed by atoms with van der Waals surface area (Å²) in [6.45, 7) is 4.73. The number of hydrogen-bond donors (Lipinski definition) is 0. The van der Waals surface area contributed by atoms with Gasteiger partial charge in [-0.15, -0.1) is 5.10 Å². The molecule has 0 N–H and O–H groups in total. The molecule has 3 aromatic rings. The van der Waals surface area contributed by atoms with Crippen molar-refractivity contribution in [3.8, 4) is 5.75 Å². The zero-order chi connectivity index (χ0) is 19.2. The number of thioether (sulfide) groups is 1. The van der Waals surface area contributed by atoms with Crippen LogP contribution in [0.4, 0.5) is 0 Å². The monoisotopic (exact) mass is 398 g/mol. The molecule has 0 atom stereocenters.